The molecular weight excluding hydrogens is 538 g/mol. The Kier molecular flexibility index (Phi) is 8.84. The van der Waals surface area contributed by atoms with Crippen molar-refractivity contribution in [3.05, 3.63) is 59.7 Å². The van der Waals surface area contributed by atoms with Gasteiger partial charge in [0.05, 0.1) is 6.10 Å². The highest BCUT2D eigenvalue weighted by atomic mass is 16.6. The lowest BCUT2D eigenvalue weighted by Crippen LogP contribution is -2.60. The monoisotopic (exact) mass is 569 g/mol. The zero-order valence-electron chi connectivity index (χ0n) is 21.9. The first-order valence-corrected chi connectivity index (χ1v) is 13.0. The van der Waals surface area contributed by atoms with Crippen LogP contribution in [0, 0.1) is 0 Å². The number of hydrogen-bond acceptors (Lipinski definition) is 11. The van der Waals surface area contributed by atoms with Crippen molar-refractivity contribution < 1.29 is 54.5 Å². The minimum absolute atomic E-state index is 0.341. The third-order valence-corrected chi connectivity index (χ3v) is 6.97. The average Bonchev–Trinajstić information content (AvgIpc) is 3.46. The van der Waals surface area contributed by atoms with Crippen LogP contribution in [0.5, 0.6) is 23.0 Å². The van der Waals surface area contributed by atoms with Gasteiger partial charge in [-0.15, -0.1) is 0 Å². The smallest absolute Gasteiger partial charge is 0.331 e. The van der Waals surface area contributed by atoms with Gasteiger partial charge in [0.2, 0.25) is 0 Å². The highest BCUT2D eigenvalue weighted by Crippen LogP contribution is 2.35. The molecule has 41 heavy (non-hydrogen) atoms. The maximum Gasteiger partial charge on any atom is 0.331 e. The van der Waals surface area contributed by atoms with E-state index in [0.717, 1.165) is 25.0 Å². The van der Waals surface area contributed by atoms with Crippen molar-refractivity contribution in [3.63, 3.8) is 0 Å². The second-order valence-corrected chi connectivity index (χ2v) is 10.0. The van der Waals surface area contributed by atoms with Gasteiger partial charge in [-0.25, -0.2) is 9.59 Å². The van der Waals surface area contributed by atoms with Crippen LogP contribution >= 0.6 is 0 Å². The van der Waals surface area contributed by atoms with Gasteiger partial charge in [-0.1, -0.05) is 12.1 Å². The van der Waals surface area contributed by atoms with E-state index < -0.39 is 66.1 Å². The van der Waals surface area contributed by atoms with Crippen molar-refractivity contribution >= 4 is 30.0 Å². The quantitative estimate of drug-likeness (QED) is 0.161. The van der Waals surface area contributed by atoms with Crippen LogP contribution in [0.15, 0.2) is 48.6 Å². The third-order valence-electron chi connectivity index (χ3n) is 6.97. The van der Waals surface area contributed by atoms with Crippen molar-refractivity contribution in [1.82, 2.24) is 4.90 Å². The third kappa shape index (κ3) is 7.16. The van der Waals surface area contributed by atoms with Gasteiger partial charge in [-0.3, -0.25) is 4.79 Å². The summed E-state index contributed by atoms with van der Waals surface area (Å²) >= 11 is 0. The summed E-state index contributed by atoms with van der Waals surface area (Å²) < 4.78 is 10.9. The van der Waals surface area contributed by atoms with Gasteiger partial charge < -0.3 is 45.0 Å². The normalized spacial score (nSPS) is 24.5. The van der Waals surface area contributed by atoms with E-state index in [1.54, 1.807) is 0 Å². The number of nitrogens with zero attached hydrogens (tertiary/aromatic N) is 1. The molecule has 12 heteroatoms. The molecule has 1 aliphatic heterocycles. The number of aliphatic hydroxyl groups excluding tert-OH is 1. The molecule has 1 unspecified atom stereocenters. The fourth-order valence-corrected chi connectivity index (χ4v) is 4.87. The fourth-order valence-electron chi connectivity index (χ4n) is 4.87. The van der Waals surface area contributed by atoms with E-state index in [2.05, 4.69) is 0 Å². The largest absolute Gasteiger partial charge is 0.504 e. The molecule has 1 saturated carbocycles. The molecule has 2 fully saturated rings. The first-order chi connectivity index (χ1) is 19.4. The van der Waals surface area contributed by atoms with Gasteiger partial charge >= 0.3 is 11.9 Å². The van der Waals surface area contributed by atoms with Crippen LogP contribution in [0.1, 0.15) is 36.8 Å². The topological polar surface area (TPSA) is 194 Å². The number of carbonyl (C=O) groups excluding carboxylic acids is 3. The average molecular weight is 570 g/mol. The number of phenolic OH excluding ortho intramolecular Hbond substituents is 4. The number of esters is 2. The Hall–Kier alpha value is -4.55. The Balaban J connectivity index is 1.52. The van der Waals surface area contributed by atoms with Gasteiger partial charge in [0.15, 0.2) is 29.1 Å². The predicted molar refractivity (Wildman–Crippen MR) is 143 cm³/mol. The van der Waals surface area contributed by atoms with Crippen molar-refractivity contribution in [1.29, 1.82) is 0 Å². The van der Waals surface area contributed by atoms with Crippen LogP contribution in [-0.4, -0.2) is 90.4 Å². The summed E-state index contributed by atoms with van der Waals surface area (Å²) in [6.07, 6.45) is 0.842. The minimum atomic E-state index is -2.07. The van der Waals surface area contributed by atoms with Crippen LogP contribution in [0.4, 0.5) is 0 Å². The maximum absolute atomic E-state index is 13.1. The second kappa shape index (κ2) is 12.3. The summed E-state index contributed by atoms with van der Waals surface area (Å²) in [6.45, 7) is 0.889. The molecular formula is C29H31NO11. The molecule has 4 atom stereocenters. The Bertz CT molecular complexity index is 1360. The van der Waals surface area contributed by atoms with Crippen LogP contribution < -0.4 is 0 Å². The van der Waals surface area contributed by atoms with E-state index >= 15 is 0 Å². The number of aromatic hydroxyl groups is 4. The molecule has 1 saturated heterocycles. The number of carbonyl (C=O) groups is 3. The fraction of sp³-hybridized carbons (Fsp3) is 0.345. The van der Waals surface area contributed by atoms with Gasteiger partial charge in [-0.2, -0.15) is 0 Å². The van der Waals surface area contributed by atoms with Crippen molar-refractivity contribution in [2.45, 2.75) is 49.6 Å². The molecule has 1 aliphatic carbocycles. The molecule has 6 N–H and O–H groups in total. The molecule has 1 heterocycles. The number of likely N-dealkylation sites (tertiary alicyclic amines) is 1. The zero-order chi connectivity index (χ0) is 29.7. The van der Waals surface area contributed by atoms with E-state index in [1.165, 1.54) is 53.5 Å². The van der Waals surface area contributed by atoms with Crippen LogP contribution in [0.2, 0.25) is 0 Å². The summed E-state index contributed by atoms with van der Waals surface area (Å²) in [7, 11) is 0. The first-order valence-electron chi connectivity index (χ1n) is 13.0. The predicted octanol–water partition coefficient (Wildman–Crippen LogP) is 1.57. The lowest BCUT2D eigenvalue weighted by Gasteiger charge is -2.43. The maximum atomic E-state index is 13.1. The van der Waals surface area contributed by atoms with Gasteiger partial charge in [0.1, 0.15) is 11.7 Å². The molecule has 1 amide bonds. The molecule has 0 spiro atoms. The number of phenols is 4. The van der Waals surface area contributed by atoms with Crippen molar-refractivity contribution in [3.8, 4) is 23.0 Å². The van der Waals surface area contributed by atoms with E-state index in [0.29, 0.717) is 24.2 Å². The first kappa shape index (κ1) is 29.4. The Morgan fingerprint density at radius 1 is 0.780 bits per heavy atom. The highest BCUT2D eigenvalue weighted by Gasteiger charge is 2.53. The summed E-state index contributed by atoms with van der Waals surface area (Å²) in [5.74, 6) is -3.97. The summed E-state index contributed by atoms with van der Waals surface area (Å²) in [6, 6.07) is 7.74. The molecule has 2 aliphatic rings. The van der Waals surface area contributed by atoms with E-state index in [9.17, 15) is 45.0 Å². The van der Waals surface area contributed by atoms with Gasteiger partial charge in [0.25, 0.3) is 5.91 Å². The molecule has 2 aromatic carbocycles. The zero-order valence-corrected chi connectivity index (χ0v) is 21.9. The number of aliphatic hydroxyl groups is 2. The summed E-state index contributed by atoms with van der Waals surface area (Å²) in [4.78, 5) is 39.9. The van der Waals surface area contributed by atoms with Crippen LogP contribution in [0.3, 0.4) is 0 Å². The molecule has 0 radical (unpaired) electrons. The van der Waals surface area contributed by atoms with Gasteiger partial charge in [-0.05, 0) is 60.4 Å². The number of rotatable bonds is 7. The summed E-state index contributed by atoms with van der Waals surface area (Å²) in [5.41, 5.74) is -1.35. The molecule has 0 bridgehead atoms. The SMILES string of the molecule is O=C(C=Cc1ccc(O)c(O)c1)OC1[C@H](O)C[C@](O)(C(=O)N2CCCC2)C[C@H]1OC(=O)C=Cc1ccc(O)c(O)c1. The Morgan fingerprint density at radius 3 is 1.80 bits per heavy atom. The molecule has 4 rings (SSSR count). The molecule has 0 aromatic heterocycles. The Morgan fingerprint density at radius 2 is 1.29 bits per heavy atom. The van der Waals surface area contributed by atoms with E-state index in [4.69, 9.17) is 9.47 Å². The molecule has 12 nitrogen and oxygen atoms in total. The van der Waals surface area contributed by atoms with E-state index in [-0.39, 0.29) is 11.5 Å². The van der Waals surface area contributed by atoms with Crippen molar-refractivity contribution in [2.24, 2.45) is 0 Å². The number of benzene rings is 2. The van der Waals surface area contributed by atoms with Gasteiger partial charge in [0, 0.05) is 38.1 Å². The highest BCUT2D eigenvalue weighted by molar-refractivity contribution is 5.89. The molecule has 2 aromatic rings. The minimum Gasteiger partial charge on any atom is -0.504 e. The number of amides is 1. The Labute approximate surface area is 235 Å². The second-order valence-electron chi connectivity index (χ2n) is 10.0. The summed E-state index contributed by atoms with van der Waals surface area (Å²) in [5, 5.41) is 60.3. The number of ether oxygens (including phenoxy) is 2. The van der Waals surface area contributed by atoms with Crippen LogP contribution in [0.25, 0.3) is 12.2 Å². The van der Waals surface area contributed by atoms with E-state index in [1.807, 2.05) is 0 Å². The lowest BCUT2D eigenvalue weighted by molar-refractivity contribution is -0.201. The van der Waals surface area contributed by atoms with Crippen LogP contribution in [-0.2, 0) is 23.9 Å². The number of hydrogen-bond donors (Lipinski definition) is 6. The standard InChI is InChI=1S/C29H31NO11/c31-19-7-3-17(13-21(19)33)5-9-25(36)40-24-16-29(39,28(38)30-11-1-2-12-30)15-23(35)27(24)41-26(37)10-6-18-4-8-20(32)22(34)14-18/h3-10,13-14,23-24,27,31-35,39H,1-2,11-12,15-16H2/t23-,24-,27?,29-/m1/s1. The van der Waals surface area contributed by atoms with Crippen molar-refractivity contribution in [2.75, 3.05) is 13.1 Å². The molecule has 218 valence electrons. The lowest BCUT2D eigenvalue weighted by atomic mass is 9.78.